The fraction of sp³-hybridized carbons (Fsp3) is 0.600. The van der Waals surface area contributed by atoms with Gasteiger partial charge in [0.05, 0.1) is 33.3 Å². The molecule has 1 aliphatic heterocycles. The topological polar surface area (TPSA) is 75.1 Å². The van der Waals surface area contributed by atoms with E-state index in [1.807, 2.05) is 19.1 Å². The van der Waals surface area contributed by atoms with E-state index in [2.05, 4.69) is 27.7 Å². The predicted octanol–water partition coefficient (Wildman–Crippen LogP) is 0.557. The van der Waals surface area contributed by atoms with E-state index < -0.39 is 0 Å². The molecule has 0 spiro atoms. The Morgan fingerprint density at radius 3 is 2.37 bits per heavy atom. The van der Waals surface area contributed by atoms with E-state index in [-0.39, 0.29) is 24.0 Å². The number of hydrogen-bond donors (Lipinski definition) is 3. The Bertz CT molecular complexity index is 635. The molecule has 0 unspecified atom stereocenters. The molecule has 3 N–H and O–H groups in total. The van der Waals surface area contributed by atoms with Gasteiger partial charge in [0.15, 0.2) is 6.04 Å². The standard InChI is InChI=1S/C20H30N4O3/c1-15(19(25)22-20(26)21-16-5-3-4-6-16)23-11-13-24(14-12-23)17-7-9-18(27-2)10-8-17/h7-10,15-16H,3-6,11-14H2,1-2H3,(H2,21,22,25,26)/p+1/t15-/m1/s1. The van der Waals surface area contributed by atoms with Crippen molar-refractivity contribution in [2.45, 2.75) is 44.7 Å². The summed E-state index contributed by atoms with van der Waals surface area (Å²) in [5.74, 6) is 0.655. The van der Waals surface area contributed by atoms with Crippen molar-refractivity contribution in [3.05, 3.63) is 24.3 Å². The van der Waals surface area contributed by atoms with Crippen molar-refractivity contribution in [3.8, 4) is 5.75 Å². The molecule has 1 atom stereocenters. The van der Waals surface area contributed by atoms with Gasteiger partial charge in [0.2, 0.25) is 0 Å². The molecular weight excluding hydrogens is 344 g/mol. The molecule has 1 aromatic carbocycles. The number of nitrogens with zero attached hydrogens (tertiary/aromatic N) is 1. The number of carbonyl (C=O) groups excluding carboxylic acids is 2. The van der Waals surface area contributed by atoms with Gasteiger partial charge >= 0.3 is 6.03 Å². The highest BCUT2D eigenvalue weighted by molar-refractivity contribution is 5.96. The first kappa shape index (κ1) is 19.5. The summed E-state index contributed by atoms with van der Waals surface area (Å²) in [7, 11) is 1.66. The van der Waals surface area contributed by atoms with Crippen molar-refractivity contribution in [1.82, 2.24) is 10.6 Å². The van der Waals surface area contributed by atoms with Gasteiger partial charge in [0, 0.05) is 11.7 Å². The highest BCUT2D eigenvalue weighted by Gasteiger charge is 2.30. The largest absolute Gasteiger partial charge is 0.497 e. The molecule has 3 amide bonds. The molecular formula is C20H31N4O3+. The maximum absolute atomic E-state index is 12.4. The zero-order valence-electron chi connectivity index (χ0n) is 16.3. The number of urea groups is 1. The summed E-state index contributed by atoms with van der Waals surface area (Å²) in [6, 6.07) is 7.68. The molecule has 1 heterocycles. The SMILES string of the molecule is COc1ccc(N2CC[NH+]([C@H](C)C(=O)NC(=O)NC3CCCC3)CC2)cc1. The van der Waals surface area contributed by atoms with Gasteiger partial charge in [-0.05, 0) is 44.0 Å². The summed E-state index contributed by atoms with van der Waals surface area (Å²) >= 11 is 0. The van der Waals surface area contributed by atoms with Crippen LogP contribution in [0.4, 0.5) is 10.5 Å². The van der Waals surface area contributed by atoms with Crippen LogP contribution in [-0.4, -0.2) is 57.3 Å². The molecule has 1 saturated carbocycles. The molecule has 1 aliphatic carbocycles. The lowest BCUT2D eigenvalue weighted by atomic mass is 10.2. The van der Waals surface area contributed by atoms with Crippen LogP contribution >= 0.6 is 0 Å². The molecule has 27 heavy (non-hydrogen) atoms. The average Bonchev–Trinajstić information content (AvgIpc) is 3.20. The maximum atomic E-state index is 12.4. The number of benzene rings is 1. The van der Waals surface area contributed by atoms with Gasteiger partial charge in [-0.2, -0.15) is 0 Å². The van der Waals surface area contributed by atoms with E-state index in [1.165, 1.54) is 10.6 Å². The lowest BCUT2D eigenvalue weighted by Crippen LogP contribution is -3.19. The van der Waals surface area contributed by atoms with Gasteiger partial charge in [-0.25, -0.2) is 4.79 Å². The highest BCUT2D eigenvalue weighted by Crippen LogP contribution is 2.19. The van der Waals surface area contributed by atoms with Crippen molar-refractivity contribution in [2.75, 3.05) is 38.2 Å². The summed E-state index contributed by atoms with van der Waals surface area (Å²) in [6.07, 6.45) is 4.32. The fourth-order valence-electron chi connectivity index (χ4n) is 3.98. The second kappa shape index (κ2) is 9.08. The zero-order valence-corrected chi connectivity index (χ0v) is 16.3. The van der Waals surface area contributed by atoms with Gasteiger partial charge in [0.25, 0.3) is 5.91 Å². The Morgan fingerprint density at radius 1 is 1.15 bits per heavy atom. The molecule has 148 valence electrons. The number of quaternary nitrogens is 1. The van der Waals surface area contributed by atoms with E-state index in [0.29, 0.717) is 0 Å². The minimum atomic E-state index is -0.352. The molecule has 0 radical (unpaired) electrons. The van der Waals surface area contributed by atoms with E-state index in [1.54, 1.807) is 7.11 Å². The number of anilines is 1. The second-order valence-corrected chi connectivity index (χ2v) is 7.51. The van der Waals surface area contributed by atoms with Crippen LogP contribution < -0.4 is 25.2 Å². The Labute approximate surface area is 161 Å². The van der Waals surface area contributed by atoms with Crippen molar-refractivity contribution in [3.63, 3.8) is 0 Å². The molecule has 1 saturated heterocycles. The van der Waals surface area contributed by atoms with E-state index in [0.717, 1.165) is 57.6 Å². The highest BCUT2D eigenvalue weighted by atomic mass is 16.5. The van der Waals surface area contributed by atoms with Crippen LogP contribution in [0.3, 0.4) is 0 Å². The summed E-state index contributed by atoms with van der Waals surface area (Å²) in [4.78, 5) is 28.0. The van der Waals surface area contributed by atoms with Crippen molar-refractivity contribution >= 4 is 17.6 Å². The van der Waals surface area contributed by atoms with Gasteiger partial charge in [-0.15, -0.1) is 0 Å². The summed E-state index contributed by atoms with van der Waals surface area (Å²) in [5, 5.41) is 5.43. The first-order valence-corrected chi connectivity index (χ1v) is 9.92. The Hall–Kier alpha value is -2.28. The number of amides is 3. The van der Waals surface area contributed by atoms with Gasteiger partial charge in [-0.3, -0.25) is 10.1 Å². The number of piperazine rings is 1. The third-order valence-corrected chi connectivity index (χ3v) is 5.78. The molecule has 7 nitrogen and oxygen atoms in total. The smallest absolute Gasteiger partial charge is 0.321 e. The molecule has 2 aliphatic rings. The third-order valence-electron chi connectivity index (χ3n) is 5.78. The number of methoxy groups -OCH3 is 1. The van der Waals surface area contributed by atoms with Crippen LogP contribution in [0.1, 0.15) is 32.6 Å². The molecule has 1 aromatic rings. The minimum Gasteiger partial charge on any atom is -0.497 e. The number of nitrogens with one attached hydrogen (secondary N) is 3. The number of rotatable bonds is 5. The summed E-state index contributed by atoms with van der Waals surface area (Å²) in [5.41, 5.74) is 1.17. The molecule has 0 aromatic heterocycles. The minimum absolute atomic E-state index is 0.196. The second-order valence-electron chi connectivity index (χ2n) is 7.51. The van der Waals surface area contributed by atoms with Crippen LogP contribution in [0, 0.1) is 0 Å². The number of carbonyl (C=O) groups is 2. The van der Waals surface area contributed by atoms with Crippen LogP contribution in [0.2, 0.25) is 0 Å². The number of imide groups is 1. The van der Waals surface area contributed by atoms with E-state index in [4.69, 9.17) is 4.74 Å². The van der Waals surface area contributed by atoms with Crippen LogP contribution in [0.5, 0.6) is 5.75 Å². The number of ether oxygens (including phenoxy) is 1. The molecule has 2 fully saturated rings. The Balaban J connectivity index is 1.44. The zero-order chi connectivity index (χ0) is 19.2. The maximum Gasteiger partial charge on any atom is 0.321 e. The lowest BCUT2D eigenvalue weighted by molar-refractivity contribution is -0.914. The van der Waals surface area contributed by atoms with Gasteiger partial charge in [-0.1, -0.05) is 12.8 Å². The van der Waals surface area contributed by atoms with Crippen LogP contribution in [0.15, 0.2) is 24.3 Å². The first-order valence-electron chi connectivity index (χ1n) is 9.92. The lowest BCUT2D eigenvalue weighted by Gasteiger charge is -2.36. The molecule has 0 bridgehead atoms. The van der Waals surface area contributed by atoms with E-state index in [9.17, 15) is 9.59 Å². The van der Waals surface area contributed by atoms with Crippen LogP contribution in [-0.2, 0) is 4.79 Å². The Morgan fingerprint density at radius 2 is 1.78 bits per heavy atom. The monoisotopic (exact) mass is 375 g/mol. The number of hydrogen-bond acceptors (Lipinski definition) is 4. The van der Waals surface area contributed by atoms with Crippen LogP contribution in [0.25, 0.3) is 0 Å². The first-order chi connectivity index (χ1) is 13.1. The summed E-state index contributed by atoms with van der Waals surface area (Å²) in [6.45, 7) is 5.40. The van der Waals surface area contributed by atoms with Gasteiger partial charge < -0.3 is 19.9 Å². The Kier molecular flexibility index (Phi) is 6.55. The molecule has 3 rings (SSSR count). The van der Waals surface area contributed by atoms with Crippen molar-refractivity contribution in [1.29, 1.82) is 0 Å². The fourth-order valence-corrected chi connectivity index (χ4v) is 3.98. The van der Waals surface area contributed by atoms with Crippen molar-refractivity contribution < 1.29 is 19.2 Å². The molecule has 7 heteroatoms. The normalized spacial score (nSPS) is 19.6. The predicted molar refractivity (Wildman–Crippen MR) is 104 cm³/mol. The average molecular weight is 375 g/mol. The quantitative estimate of drug-likeness (QED) is 0.703. The third kappa shape index (κ3) is 5.13. The van der Waals surface area contributed by atoms with E-state index >= 15 is 0 Å². The summed E-state index contributed by atoms with van der Waals surface area (Å²) < 4.78 is 5.20. The van der Waals surface area contributed by atoms with Gasteiger partial charge in [0.1, 0.15) is 5.75 Å². The van der Waals surface area contributed by atoms with Crippen molar-refractivity contribution in [2.24, 2.45) is 0 Å².